The first-order chi connectivity index (χ1) is 10.3. The zero-order chi connectivity index (χ0) is 14.3. The standard InChI is InChI=1S/C18H18OS2/c19-18(13-9-11-20-12-10-13)14-5-1-3-7-16(14)21-17-8-4-2-6-15(17)18/h1-8,13,19H,9-12H2. The highest BCUT2D eigenvalue weighted by atomic mass is 32.2. The predicted molar refractivity (Wildman–Crippen MR) is 90.1 cm³/mol. The first-order valence-electron chi connectivity index (χ1n) is 7.47. The molecule has 2 heterocycles. The fraction of sp³-hybridized carbons (Fsp3) is 0.333. The lowest BCUT2D eigenvalue weighted by molar-refractivity contribution is 0.00635. The van der Waals surface area contributed by atoms with Gasteiger partial charge in [0.15, 0.2) is 0 Å². The second-order valence-electron chi connectivity index (χ2n) is 5.75. The summed E-state index contributed by atoms with van der Waals surface area (Å²) in [5, 5.41) is 11.8. The van der Waals surface area contributed by atoms with Gasteiger partial charge in [0.1, 0.15) is 5.60 Å². The van der Waals surface area contributed by atoms with Crippen molar-refractivity contribution in [3.8, 4) is 0 Å². The van der Waals surface area contributed by atoms with Gasteiger partial charge in [0.2, 0.25) is 0 Å². The Labute approximate surface area is 134 Å². The Balaban J connectivity index is 1.92. The summed E-state index contributed by atoms with van der Waals surface area (Å²) >= 11 is 3.79. The van der Waals surface area contributed by atoms with Crippen LogP contribution in [0.25, 0.3) is 0 Å². The molecule has 2 aliphatic heterocycles. The van der Waals surface area contributed by atoms with Gasteiger partial charge in [-0.3, -0.25) is 0 Å². The Morgan fingerprint density at radius 2 is 1.38 bits per heavy atom. The highest BCUT2D eigenvalue weighted by Crippen LogP contribution is 2.53. The highest BCUT2D eigenvalue weighted by molar-refractivity contribution is 7.99. The van der Waals surface area contributed by atoms with Gasteiger partial charge in [-0.1, -0.05) is 48.2 Å². The van der Waals surface area contributed by atoms with Crippen LogP contribution in [0.2, 0.25) is 0 Å². The maximum Gasteiger partial charge on any atom is 0.120 e. The molecule has 1 fully saturated rings. The molecule has 2 aromatic carbocycles. The summed E-state index contributed by atoms with van der Waals surface area (Å²) in [6.07, 6.45) is 2.18. The predicted octanol–water partition coefficient (Wildman–Crippen LogP) is 4.53. The fourth-order valence-corrected chi connectivity index (χ4v) is 5.86. The molecule has 0 bridgehead atoms. The summed E-state index contributed by atoms with van der Waals surface area (Å²) in [4.78, 5) is 2.41. The van der Waals surface area contributed by atoms with Crippen LogP contribution in [-0.2, 0) is 5.60 Å². The molecule has 0 amide bonds. The Kier molecular flexibility index (Phi) is 3.52. The van der Waals surface area contributed by atoms with Crippen molar-refractivity contribution < 1.29 is 5.11 Å². The average Bonchev–Trinajstić information content (AvgIpc) is 2.56. The zero-order valence-electron chi connectivity index (χ0n) is 11.8. The second-order valence-corrected chi connectivity index (χ2v) is 8.06. The number of rotatable bonds is 1. The maximum atomic E-state index is 11.8. The van der Waals surface area contributed by atoms with Crippen molar-refractivity contribution in [2.24, 2.45) is 5.92 Å². The number of thioether (sulfide) groups is 1. The Bertz CT molecular complexity index is 616. The first-order valence-corrected chi connectivity index (χ1v) is 9.44. The summed E-state index contributed by atoms with van der Waals surface area (Å²) in [5.74, 6) is 2.64. The lowest BCUT2D eigenvalue weighted by Crippen LogP contribution is -2.40. The molecule has 0 spiro atoms. The van der Waals surface area contributed by atoms with E-state index in [1.54, 1.807) is 11.8 Å². The van der Waals surface area contributed by atoms with Gasteiger partial charge in [-0.25, -0.2) is 0 Å². The molecule has 0 atom stereocenters. The van der Waals surface area contributed by atoms with Crippen LogP contribution in [0.3, 0.4) is 0 Å². The third-order valence-electron chi connectivity index (χ3n) is 4.63. The number of benzene rings is 2. The van der Waals surface area contributed by atoms with Crippen LogP contribution in [0.1, 0.15) is 24.0 Å². The summed E-state index contributed by atoms with van der Waals surface area (Å²) < 4.78 is 0. The third kappa shape index (κ3) is 2.14. The number of hydrogen-bond donors (Lipinski definition) is 1. The molecule has 21 heavy (non-hydrogen) atoms. The van der Waals surface area contributed by atoms with Crippen molar-refractivity contribution in [2.75, 3.05) is 11.5 Å². The Morgan fingerprint density at radius 3 is 1.95 bits per heavy atom. The monoisotopic (exact) mass is 314 g/mol. The summed E-state index contributed by atoms with van der Waals surface area (Å²) in [7, 11) is 0. The van der Waals surface area contributed by atoms with E-state index in [1.165, 1.54) is 9.79 Å². The molecule has 1 nitrogen and oxygen atoms in total. The topological polar surface area (TPSA) is 20.2 Å². The van der Waals surface area contributed by atoms with Crippen LogP contribution in [0.15, 0.2) is 58.3 Å². The quantitative estimate of drug-likeness (QED) is 0.835. The summed E-state index contributed by atoms with van der Waals surface area (Å²) in [5.41, 5.74) is 1.38. The lowest BCUT2D eigenvalue weighted by Gasteiger charge is -2.43. The molecule has 108 valence electrons. The SMILES string of the molecule is OC1(C2CCSCC2)c2ccccc2Sc2ccccc21. The van der Waals surface area contributed by atoms with E-state index in [-0.39, 0.29) is 0 Å². The highest BCUT2D eigenvalue weighted by Gasteiger charge is 2.45. The molecule has 0 aliphatic carbocycles. The molecular formula is C18H18OS2. The van der Waals surface area contributed by atoms with Crippen LogP contribution in [0, 0.1) is 5.92 Å². The maximum absolute atomic E-state index is 11.8. The lowest BCUT2D eigenvalue weighted by atomic mass is 9.73. The van der Waals surface area contributed by atoms with Crippen molar-refractivity contribution in [3.63, 3.8) is 0 Å². The van der Waals surface area contributed by atoms with Gasteiger partial charge in [0, 0.05) is 20.9 Å². The van der Waals surface area contributed by atoms with Crippen LogP contribution in [0.5, 0.6) is 0 Å². The molecule has 2 aromatic rings. The van der Waals surface area contributed by atoms with Gasteiger partial charge < -0.3 is 5.11 Å². The van der Waals surface area contributed by atoms with E-state index in [0.29, 0.717) is 5.92 Å². The minimum atomic E-state index is -0.820. The minimum Gasteiger partial charge on any atom is -0.380 e. The first kappa shape index (κ1) is 13.7. The molecular weight excluding hydrogens is 296 g/mol. The van der Waals surface area contributed by atoms with Crippen molar-refractivity contribution in [2.45, 2.75) is 28.2 Å². The van der Waals surface area contributed by atoms with Gasteiger partial charge in [-0.15, -0.1) is 0 Å². The number of fused-ring (bicyclic) bond motifs is 2. The van der Waals surface area contributed by atoms with Crippen LogP contribution < -0.4 is 0 Å². The average molecular weight is 314 g/mol. The normalized spacial score (nSPS) is 20.6. The van der Waals surface area contributed by atoms with Crippen molar-refractivity contribution in [1.82, 2.24) is 0 Å². The Hall–Kier alpha value is -0.900. The Morgan fingerprint density at radius 1 is 0.857 bits per heavy atom. The number of aliphatic hydroxyl groups is 1. The second kappa shape index (κ2) is 5.38. The van der Waals surface area contributed by atoms with Crippen molar-refractivity contribution in [1.29, 1.82) is 0 Å². The van der Waals surface area contributed by atoms with Gasteiger partial charge in [0.05, 0.1) is 0 Å². The van der Waals surface area contributed by atoms with Crippen LogP contribution >= 0.6 is 23.5 Å². The van der Waals surface area contributed by atoms with E-state index in [9.17, 15) is 5.11 Å². The van der Waals surface area contributed by atoms with Crippen LogP contribution in [0.4, 0.5) is 0 Å². The molecule has 0 unspecified atom stereocenters. The van der Waals surface area contributed by atoms with Gasteiger partial charge >= 0.3 is 0 Å². The van der Waals surface area contributed by atoms with E-state index in [0.717, 1.165) is 35.5 Å². The van der Waals surface area contributed by atoms with Crippen LogP contribution in [-0.4, -0.2) is 16.6 Å². The van der Waals surface area contributed by atoms with E-state index in [2.05, 4.69) is 48.5 Å². The largest absolute Gasteiger partial charge is 0.380 e. The molecule has 2 aliphatic rings. The van der Waals surface area contributed by atoms with E-state index >= 15 is 0 Å². The minimum absolute atomic E-state index is 0.321. The molecule has 4 rings (SSSR count). The van der Waals surface area contributed by atoms with Crippen molar-refractivity contribution in [3.05, 3.63) is 59.7 Å². The van der Waals surface area contributed by atoms with E-state index in [1.807, 2.05) is 11.8 Å². The summed E-state index contributed by atoms with van der Waals surface area (Å²) in [6, 6.07) is 16.7. The van der Waals surface area contributed by atoms with E-state index in [4.69, 9.17) is 0 Å². The van der Waals surface area contributed by atoms with Gasteiger partial charge in [-0.05, 0) is 42.4 Å². The van der Waals surface area contributed by atoms with Gasteiger partial charge in [0.25, 0.3) is 0 Å². The molecule has 0 aromatic heterocycles. The molecule has 0 saturated carbocycles. The molecule has 3 heteroatoms. The van der Waals surface area contributed by atoms with E-state index < -0.39 is 5.60 Å². The zero-order valence-corrected chi connectivity index (χ0v) is 13.4. The van der Waals surface area contributed by atoms with Gasteiger partial charge in [-0.2, -0.15) is 11.8 Å². The number of hydrogen-bond acceptors (Lipinski definition) is 3. The molecule has 1 saturated heterocycles. The third-order valence-corrected chi connectivity index (χ3v) is 6.83. The van der Waals surface area contributed by atoms with Crippen molar-refractivity contribution >= 4 is 23.5 Å². The molecule has 0 radical (unpaired) electrons. The smallest absolute Gasteiger partial charge is 0.120 e. The summed E-state index contributed by atoms with van der Waals surface area (Å²) in [6.45, 7) is 0. The molecule has 1 N–H and O–H groups in total. The fourth-order valence-electron chi connectivity index (χ4n) is 3.56.